The molecule has 0 bridgehead atoms. The second-order valence-corrected chi connectivity index (χ2v) is 6.91. The smallest absolute Gasteiger partial charge is 0.315 e. The molecule has 2 nitrogen and oxygen atoms in total. The maximum Gasteiger partial charge on any atom is 0.315 e. The van der Waals surface area contributed by atoms with Crippen LogP contribution in [-0.2, 0) is 16.0 Å². The summed E-state index contributed by atoms with van der Waals surface area (Å²) in [5.41, 5.74) is 2.55. The number of rotatable bonds is 5. The zero-order chi connectivity index (χ0) is 16.9. The lowest BCUT2D eigenvalue weighted by atomic mass is 9.68. The first-order chi connectivity index (χ1) is 10.9. The summed E-state index contributed by atoms with van der Waals surface area (Å²) >= 11 is 0. The number of benzene rings is 1. The van der Waals surface area contributed by atoms with Crippen molar-refractivity contribution in [3.63, 3.8) is 0 Å². The minimum atomic E-state index is -0.277. The Morgan fingerprint density at radius 3 is 2.70 bits per heavy atom. The first-order valence-corrected chi connectivity index (χ1v) is 8.17. The first kappa shape index (κ1) is 17.3. The average Bonchev–Trinajstić information content (AvgIpc) is 2.46. The van der Waals surface area contributed by atoms with Crippen molar-refractivity contribution in [3.8, 4) is 0 Å². The molecule has 23 heavy (non-hydrogen) atoms. The third-order valence-corrected chi connectivity index (χ3v) is 4.50. The fourth-order valence-electron chi connectivity index (χ4n) is 3.17. The van der Waals surface area contributed by atoms with Crippen molar-refractivity contribution in [2.75, 3.05) is 0 Å². The summed E-state index contributed by atoms with van der Waals surface area (Å²) in [6, 6.07) is 9.59. The second-order valence-electron chi connectivity index (χ2n) is 6.91. The summed E-state index contributed by atoms with van der Waals surface area (Å²) in [7, 11) is 0. The third-order valence-electron chi connectivity index (χ3n) is 4.50. The van der Waals surface area contributed by atoms with Gasteiger partial charge in [-0.1, -0.05) is 68.5 Å². The molecule has 1 unspecified atom stereocenters. The van der Waals surface area contributed by atoms with Crippen LogP contribution in [0.1, 0.15) is 39.2 Å². The number of ether oxygens (including phenoxy) is 1. The Hall–Kier alpha value is -2.09. The van der Waals surface area contributed by atoms with Gasteiger partial charge in [-0.05, 0) is 36.8 Å². The Morgan fingerprint density at radius 1 is 1.35 bits per heavy atom. The molecule has 1 aliphatic rings. The molecule has 1 aromatic carbocycles. The van der Waals surface area contributed by atoms with Crippen molar-refractivity contribution in [1.29, 1.82) is 0 Å². The normalized spacial score (nSPS) is 20.1. The van der Waals surface area contributed by atoms with Crippen molar-refractivity contribution in [1.82, 2.24) is 0 Å². The molecule has 0 aromatic heterocycles. The van der Waals surface area contributed by atoms with E-state index in [0.717, 1.165) is 12.0 Å². The SMILES string of the molecule is C=C(/C=C/C1C(C)=CCCC1(C)C)OC(=O)Cc1ccccc1. The van der Waals surface area contributed by atoms with Gasteiger partial charge in [-0.2, -0.15) is 0 Å². The van der Waals surface area contributed by atoms with Crippen LogP contribution in [0.25, 0.3) is 0 Å². The van der Waals surface area contributed by atoms with E-state index in [0.29, 0.717) is 11.7 Å². The minimum Gasteiger partial charge on any atom is -0.427 e. The Balaban J connectivity index is 1.92. The lowest BCUT2D eigenvalue weighted by Gasteiger charge is -2.36. The van der Waals surface area contributed by atoms with Crippen LogP contribution < -0.4 is 0 Å². The highest BCUT2D eigenvalue weighted by molar-refractivity contribution is 5.73. The Labute approximate surface area is 139 Å². The largest absolute Gasteiger partial charge is 0.427 e. The monoisotopic (exact) mass is 310 g/mol. The molecule has 0 aliphatic heterocycles. The molecule has 0 saturated carbocycles. The first-order valence-electron chi connectivity index (χ1n) is 8.17. The van der Waals surface area contributed by atoms with Crippen molar-refractivity contribution in [3.05, 3.63) is 72.0 Å². The van der Waals surface area contributed by atoms with Gasteiger partial charge < -0.3 is 4.74 Å². The molecule has 0 spiro atoms. The van der Waals surface area contributed by atoms with Gasteiger partial charge in [-0.25, -0.2) is 0 Å². The molecule has 0 saturated heterocycles. The highest BCUT2D eigenvalue weighted by Crippen LogP contribution is 2.41. The number of hydrogen-bond acceptors (Lipinski definition) is 2. The van der Waals surface area contributed by atoms with Gasteiger partial charge in [0.25, 0.3) is 0 Å². The quantitative estimate of drug-likeness (QED) is 0.322. The lowest BCUT2D eigenvalue weighted by molar-refractivity contribution is -0.138. The molecular weight excluding hydrogens is 284 g/mol. The second kappa shape index (κ2) is 7.45. The van der Waals surface area contributed by atoms with Crippen LogP contribution in [0, 0.1) is 11.3 Å². The maximum atomic E-state index is 11.9. The van der Waals surface area contributed by atoms with E-state index in [1.165, 1.54) is 12.0 Å². The molecule has 122 valence electrons. The fraction of sp³-hybridized carbons (Fsp3) is 0.381. The van der Waals surface area contributed by atoms with Gasteiger partial charge in [0.2, 0.25) is 0 Å². The van der Waals surface area contributed by atoms with Crippen LogP contribution in [0.3, 0.4) is 0 Å². The topological polar surface area (TPSA) is 26.3 Å². The highest BCUT2D eigenvalue weighted by Gasteiger charge is 2.30. The van der Waals surface area contributed by atoms with Crippen LogP contribution in [0.2, 0.25) is 0 Å². The zero-order valence-electron chi connectivity index (χ0n) is 14.3. The summed E-state index contributed by atoms with van der Waals surface area (Å²) in [6.45, 7) is 10.6. The fourth-order valence-corrected chi connectivity index (χ4v) is 3.17. The standard InChI is InChI=1S/C21H26O2/c1-16-9-8-14-21(3,4)19(16)13-12-17(2)23-20(22)15-18-10-6-5-7-11-18/h5-7,9-13,19H,2,8,14-15H2,1,3-4H3/b13-12+. The minimum absolute atomic E-state index is 0.226. The van der Waals surface area contributed by atoms with Gasteiger partial charge in [0.1, 0.15) is 5.76 Å². The zero-order valence-corrected chi connectivity index (χ0v) is 14.3. The molecule has 0 heterocycles. The predicted octanol–water partition coefficient (Wildman–Crippen LogP) is 5.22. The summed E-state index contributed by atoms with van der Waals surface area (Å²) in [6.07, 6.45) is 8.81. The van der Waals surface area contributed by atoms with Crippen molar-refractivity contribution in [2.24, 2.45) is 11.3 Å². The van der Waals surface area contributed by atoms with Crippen LogP contribution in [0.4, 0.5) is 0 Å². The van der Waals surface area contributed by atoms with Gasteiger partial charge in [0, 0.05) is 5.92 Å². The Bertz CT molecular complexity index is 621. The van der Waals surface area contributed by atoms with Crippen LogP contribution in [0.5, 0.6) is 0 Å². The molecule has 2 rings (SSSR count). The number of carbonyl (C=O) groups is 1. The van der Waals surface area contributed by atoms with E-state index in [1.807, 2.05) is 36.4 Å². The molecule has 1 aromatic rings. The summed E-state index contributed by atoms with van der Waals surface area (Å²) < 4.78 is 5.31. The summed E-state index contributed by atoms with van der Waals surface area (Å²) in [5.74, 6) is 0.488. The van der Waals surface area contributed by atoms with Crippen molar-refractivity contribution < 1.29 is 9.53 Å². The Morgan fingerprint density at radius 2 is 2.04 bits per heavy atom. The molecule has 1 atom stereocenters. The number of allylic oxidation sites excluding steroid dienone is 4. The van der Waals surface area contributed by atoms with E-state index in [-0.39, 0.29) is 17.8 Å². The molecule has 0 N–H and O–H groups in total. The van der Waals surface area contributed by atoms with Gasteiger partial charge >= 0.3 is 5.97 Å². The van der Waals surface area contributed by atoms with Crippen LogP contribution in [-0.4, -0.2) is 5.97 Å². The van der Waals surface area contributed by atoms with E-state index in [2.05, 4.69) is 39.5 Å². The maximum absolute atomic E-state index is 11.9. The van der Waals surface area contributed by atoms with E-state index in [9.17, 15) is 4.79 Å². The highest BCUT2D eigenvalue weighted by atomic mass is 16.5. The van der Waals surface area contributed by atoms with Gasteiger partial charge in [0.05, 0.1) is 6.42 Å². The van der Waals surface area contributed by atoms with E-state index in [4.69, 9.17) is 4.74 Å². The van der Waals surface area contributed by atoms with Crippen LogP contribution in [0.15, 0.2) is 66.5 Å². The molecule has 2 heteroatoms. The number of hydrogen-bond donors (Lipinski definition) is 0. The average molecular weight is 310 g/mol. The third kappa shape index (κ3) is 4.95. The van der Waals surface area contributed by atoms with E-state index in [1.54, 1.807) is 0 Å². The lowest BCUT2D eigenvalue weighted by Crippen LogP contribution is -2.26. The van der Waals surface area contributed by atoms with E-state index < -0.39 is 0 Å². The molecule has 0 amide bonds. The summed E-state index contributed by atoms with van der Waals surface area (Å²) in [5, 5.41) is 0. The molecule has 0 radical (unpaired) electrons. The van der Waals surface area contributed by atoms with Gasteiger partial charge in [-0.3, -0.25) is 4.79 Å². The van der Waals surface area contributed by atoms with Crippen molar-refractivity contribution in [2.45, 2.75) is 40.0 Å². The number of carbonyl (C=O) groups excluding carboxylic acids is 1. The molecular formula is C21H26O2. The Kier molecular flexibility index (Phi) is 5.59. The van der Waals surface area contributed by atoms with E-state index >= 15 is 0 Å². The predicted molar refractivity (Wildman–Crippen MR) is 94.8 cm³/mol. The van der Waals surface area contributed by atoms with Gasteiger partial charge in [0.15, 0.2) is 0 Å². The van der Waals surface area contributed by atoms with Crippen LogP contribution >= 0.6 is 0 Å². The van der Waals surface area contributed by atoms with Crippen molar-refractivity contribution >= 4 is 5.97 Å². The molecule has 0 fully saturated rings. The summed E-state index contributed by atoms with van der Waals surface area (Å²) in [4.78, 5) is 11.9. The molecule has 1 aliphatic carbocycles. The van der Waals surface area contributed by atoms with Gasteiger partial charge in [-0.15, -0.1) is 0 Å². The number of esters is 1.